The van der Waals surface area contributed by atoms with Crippen LogP contribution in [-0.2, 0) is 19.1 Å². The van der Waals surface area contributed by atoms with Gasteiger partial charge in [-0.3, -0.25) is 4.79 Å². The minimum Gasteiger partial charge on any atom is -0.462 e. The Morgan fingerprint density at radius 1 is 1.36 bits per heavy atom. The van der Waals surface area contributed by atoms with Gasteiger partial charge in [-0.05, 0) is 6.42 Å². The lowest BCUT2D eigenvalue weighted by atomic mass is 10.4. The average Bonchev–Trinajstić information content (AvgIpc) is 2.11. The second-order valence-corrected chi connectivity index (χ2v) is 2.67. The van der Waals surface area contributed by atoms with E-state index in [0.717, 1.165) is 12.5 Å². The monoisotopic (exact) mass is 201 g/mol. The molecule has 5 nitrogen and oxygen atoms in total. The molecule has 14 heavy (non-hydrogen) atoms. The van der Waals surface area contributed by atoms with Crippen LogP contribution in [0, 0.1) is 0 Å². The Bertz CT molecular complexity index is 235. The summed E-state index contributed by atoms with van der Waals surface area (Å²) in [6.07, 6.45) is 1.86. The summed E-state index contributed by atoms with van der Waals surface area (Å²) in [6.45, 7) is 3.43. The summed E-state index contributed by atoms with van der Waals surface area (Å²) in [4.78, 5) is 21.3. The molecule has 0 spiro atoms. The normalized spacial score (nSPS) is 10.9. The van der Waals surface area contributed by atoms with Gasteiger partial charge in [0, 0.05) is 13.0 Å². The molecule has 0 radical (unpaired) electrons. The number of rotatable bonds is 5. The molecule has 0 amide bonds. The van der Waals surface area contributed by atoms with Gasteiger partial charge >= 0.3 is 11.9 Å². The zero-order valence-electron chi connectivity index (χ0n) is 8.41. The van der Waals surface area contributed by atoms with E-state index in [-0.39, 0.29) is 12.3 Å². The van der Waals surface area contributed by atoms with E-state index in [1.54, 1.807) is 0 Å². The molecular weight excluding hydrogens is 186 g/mol. The van der Waals surface area contributed by atoms with Gasteiger partial charge in [0.2, 0.25) is 0 Å². The van der Waals surface area contributed by atoms with Crippen LogP contribution >= 0.6 is 0 Å². The minimum absolute atomic E-state index is 0.0867. The first-order chi connectivity index (χ1) is 6.56. The molecule has 5 heteroatoms. The highest BCUT2D eigenvalue weighted by atomic mass is 16.5. The first-order valence-corrected chi connectivity index (χ1v) is 4.32. The van der Waals surface area contributed by atoms with Crippen molar-refractivity contribution < 1.29 is 19.1 Å². The fraction of sp³-hybridized carbons (Fsp3) is 0.556. The maximum atomic E-state index is 10.9. The number of esters is 2. The SMILES string of the molecule is CCCOC(=O)/C=C(\N)COC(C)=O. The Kier molecular flexibility index (Phi) is 6.19. The summed E-state index contributed by atoms with van der Waals surface area (Å²) in [6, 6.07) is 0. The van der Waals surface area contributed by atoms with E-state index in [4.69, 9.17) is 10.5 Å². The van der Waals surface area contributed by atoms with Crippen LogP contribution in [0.3, 0.4) is 0 Å². The van der Waals surface area contributed by atoms with Gasteiger partial charge in [-0.1, -0.05) is 6.92 Å². The second-order valence-electron chi connectivity index (χ2n) is 2.67. The molecule has 80 valence electrons. The Balaban J connectivity index is 3.84. The van der Waals surface area contributed by atoms with Gasteiger partial charge in [-0.15, -0.1) is 0 Å². The maximum absolute atomic E-state index is 10.9. The first-order valence-electron chi connectivity index (χ1n) is 4.32. The van der Waals surface area contributed by atoms with E-state index < -0.39 is 11.9 Å². The van der Waals surface area contributed by atoms with Gasteiger partial charge in [-0.25, -0.2) is 4.79 Å². The lowest BCUT2D eigenvalue weighted by Gasteiger charge is -2.02. The van der Waals surface area contributed by atoms with Gasteiger partial charge in [0.05, 0.1) is 12.3 Å². The lowest BCUT2D eigenvalue weighted by molar-refractivity contribution is -0.141. The Morgan fingerprint density at radius 2 is 2.00 bits per heavy atom. The summed E-state index contributed by atoms with van der Waals surface area (Å²) >= 11 is 0. The first kappa shape index (κ1) is 12.5. The van der Waals surface area contributed by atoms with Gasteiger partial charge in [0.25, 0.3) is 0 Å². The molecule has 0 aliphatic rings. The Morgan fingerprint density at radius 3 is 2.50 bits per heavy atom. The van der Waals surface area contributed by atoms with Crippen LogP contribution < -0.4 is 5.73 Å². The fourth-order valence-corrected chi connectivity index (χ4v) is 0.622. The van der Waals surface area contributed by atoms with Crippen LogP contribution in [0.4, 0.5) is 0 Å². The van der Waals surface area contributed by atoms with Crippen molar-refractivity contribution in [2.45, 2.75) is 20.3 Å². The van der Waals surface area contributed by atoms with Crippen LogP contribution in [0.1, 0.15) is 20.3 Å². The maximum Gasteiger partial charge on any atom is 0.332 e. The number of nitrogens with two attached hydrogens (primary N) is 1. The highest BCUT2D eigenvalue weighted by molar-refractivity contribution is 5.82. The van der Waals surface area contributed by atoms with Gasteiger partial charge in [-0.2, -0.15) is 0 Å². The van der Waals surface area contributed by atoms with Crippen molar-refractivity contribution in [3.63, 3.8) is 0 Å². The number of carbonyl (C=O) groups excluding carboxylic acids is 2. The van der Waals surface area contributed by atoms with Crippen LogP contribution in [0.5, 0.6) is 0 Å². The zero-order valence-corrected chi connectivity index (χ0v) is 8.41. The predicted octanol–water partition coefficient (Wildman–Crippen LogP) is 0.345. The molecule has 0 saturated carbocycles. The van der Waals surface area contributed by atoms with Crippen LogP contribution in [0.25, 0.3) is 0 Å². The molecule has 0 atom stereocenters. The third kappa shape index (κ3) is 7.15. The largest absolute Gasteiger partial charge is 0.462 e. The summed E-state index contributed by atoms with van der Waals surface area (Å²) in [5, 5.41) is 0. The molecule has 0 aliphatic heterocycles. The summed E-state index contributed by atoms with van der Waals surface area (Å²) < 4.78 is 9.30. The molecule has 0 rings (SSSR count). The predicted molar refractivity (Wildman–Crippen MR) is 50.2 cm³/mol. The van der Waals surface area contributed by atoms with Crippen molar-refractivity contribution in [1.82, 2.24) is 0 Å². The van der Waals surface area contributed by atoms with Crippen LogP contribution in [0.2, 0.25) is 0 Å². The zero-order chi connectivity index (χ0) is 11.0. The third-order valence-electron chi connectivity index (χ3n) is 1.19. The smallest absolute Gasteiger partial charge is 0.332 e. The summed E-state index contributed by atoms with van der Waals surface area (Å²) in [5.74, 6) is -0.959. The van der Waals surface area contributed by atoms with Gasteiger partial charge in [0.15, 0.2) is 0 Å². The van der Waals surface area contributed by atoms with E-state index in [1.807, 2.05) is 6.92 Å². The van der Waals surface area contributed by atoms with Crippen molar-refractivity contribution in [3.05, 3.63) is 11.8 Å². The van der Waals surface area contributed by atoms with Crippen LogP contribution in [-0.4, -0.2) is 25.2 Å². The van der Waals surface area contributed by atoms with Crippen molar-refractivity contribution in [2.75, 3.05) is 13.2 Å². The van der Waals surface area contributed by atoms with E-state index in [0.29, 0.717) is 6.61 Å². The van der Waals surface area contributed by atoms with Crippen molar-refractivity contribution in [3.8, 4) is 0 Å². The van der Waals surface area contributed by atoms with E-state index in [9.17, 15) is 9.59 Å². The number of ether oxygens (including phenoxy) is 2. The van der Waals surface area contributed by atoms with E-state index >= 15 is 0 Å². The minimum atomic E-state index is -0.517. The van der Waals surface area contributed by atoms with Gasteiger partial charge in [0.1, 0.15) is 6.61 Å². The molecule has 0 saturated heterocycles. The van der Waals surface area contributed by atoms with E-state index in [2.05, 4.69) is 4.74 Å². The average molecular weight is 201 g/mol. The standard InChI is InChI=1S/C9H15NO4/c1-3-4-13-9(12)5-8(10)6-14-7(2)11/h5H,3-4,6,10H2,1-2H3/b8-5-. The molecule has 0 aromatic carbocycles. The Labute approximate surface area is 82.9 Å². The molecule has 0 fully saturated rings. The highest BCUT2D eigenvalue weighted by Crippen LogP contribution is 1.90. The molecule has 2 N–H and O–H groups in total. The second kappa shape index (κ2) is 6.94. The molecular formula is C9H15NO4. The van der Waals surface area contributed by atoms with Crippen molar-refractivity contribution in [2.24, 2.45) is 5.73 Å². The molecule has 0 aromatic rings. The van der Waals surface area contributed by atoms with Crippen LogP contribution in [0.15, 0.2) is 11.8 Å². The third-order valence-corrected chi connectivity index (χ3v) is 1.19. The van der Waals surface area contributed by atoms with Crippen molar-refractivity contribution in [1.29, 1.82) is 0 Å². The quantitative estimate of drug-likeness (QED) is 0.512. The number of hydrogen-bond acceptors (Lipinski definition) is 5. The lowest BCUT2D eigenvalue weighted by Crippen LogP contribution is -2.13. The molecule has 0 bridgehead atoms. The molecule has 0 aromatic heterocycles. The summed E-state index contributed by atoms with van der Waals surface area (Å²) in [7, 11) is 0. The van der Waals surface area contributed by atoms with E-state index in [1.165, 1.54) is 6.92 Å². The fourth-order valence-electron chi connectivity index (χ4n) is 0.622. The highest BCUT2D eigenvalue weighted by Gasteiger charge is 2.00. The number of hydrogen-bond donors (Lipinski definition) is 1. The molecule has 0 unspecified atom stereocenters. The molecule has 0 heterocycles. The summed E-state index contributed by atoms with van der Waals surface area (Å²) in [5.41, 5.74) is 5.55. The number of carbonyl (C=O) groups is 2. The molecule has 0 aliphatic carbocycles. The van der Waals surface area contributed by atoms with Gasteiger partial charge < -0.3 is 15.2 Å². The Hall–Kier alpha value is -1.52. The topological polar surface area (TPSA) is 78.6 Å². The van der Waals surface area contributed by atoms with Crippen molar-refractivity contribution >= 4 is 11.9 Å².